The fourth-order valence-electron chi connectivity index (χ4n) is 4.27. The Bertz CT molecular complexity index is 1130. The Morgan fingerprint density at radius 3 is 2.24 bits per heavy atom. The van der Waals surface area contributed by atoms with Gasteiger partial charge in [0.05, 0.1) is 0 Å². The summed E-state index contributed by atoms with van der Waals surface area (Å²) in [4.78, 5) is 23.9. The van der Waals surface area contributed by atoms with Gasteiger partial charge in [0, 0.05) is 5.92 Å². The lowest BCUT2D eigenvalue weighted by Gasteiger charge is -2.17. The van der Waals surface area contributed by atoms with Crippen molar-refractivity contribution < 1.29 is 28.2 Å². The van der Waals surface area contributed by atoms with Crippen molar-refractivity contribution in [2.45, 2.75) is 31.2 Å². The van der Waals surface area contributed by atoms with Crippen molar-refractivity contribution in [3.8, 4) is 11.1 Å². The number of ether oxygens (including phenoxy) is 1. The maximum absolute atomic E-state index is 13.7. The van der Waals surface area contributed by atoms with Gasteiger partial charge in [-0.05, 0) is 65.3 Å². The zero-order chi connectivity index (χ0) is 23.4. The molecule has 0 fully saturated rings. The first-order valence-electron chi connectivity index (χ1n) is 10.7. The van der Waals surface area contributed by atoms with E-state index in [0.29, 0.717) is 0 Å². The van der Waals surface area contributed by atoms with Crippen LogP contribution < -0.4 is 5.32 Å². The molecule has 0 heterocycles. The van der Waals surface area contributed by atoms with Gasteiger partial charge >= 0.3 is 12.1 Å². The fourth-order valence-corrected chi connectivity index (χ4v) is 4.27. The zero-order valence-corrected chi connectivity index (χ0v) is 17.8. The van der Waals surface area contributed by atoms with Crippen molar-refractivity contribution in [3.05, 3.63) is 95.1 Å². The first-order valence-corrected chi connectivity index (χ1v) is 10.7. The van der Waals surface area contributed by atoms with Gasteiger partial charge < -0.3 is 15.2 Å². The second-order valence-electron chi connectivity index (χ2n) is 7.99. The van der Waals surface area contributed by atoms with Crippen LogP contribution in [0.15, 0.2) is 66.7 Å². The molecule has 1 aliphatic rings. The Morgan fingerprint density at radius 2 is 1.61 bits per heavy atom. The molecule has 0 unspecified atom stereocenters. The number of hydrogen-bond donors (Lipinski definition) is 2. The smallest absolute Gasteiger partial charge is 0.407 e. The molecule has 0 bridgehead atoms. The highest BCUT2D eigenvalue weighted by Crippen LogP contribution is 2.44. The van der Waals surface area contributed by atoms with Crippen molar-refractivity contribution in [2.24, 2.45) is 0 Å². The molecule has 0 aromatic heterocycles. The summed E-state index contributed by atoms with van der Waals surface area (Å²) in [5, 5.41) is 11.8. The van der Waals surface area contributed by atoms with E-state index >= 15 is 0 Å². The standard InChI is InChI=1S/C26H23F2NO4/c27-17-12-13-23(28)16(14-17)6-5-11-24(25(30)31)29-26(32)33-15-22-20-9-3-1-7-18(20)19-8-2-4-10-21(19)22/h1-4,7-10,12-14,22,24H,5-6,11,15H2,(H,29,32)(H,30,31)/t24-/m0/s1. The van der Waals surface area contributed by atoms with Crippen LogP contribution in [0.4, 0.5) is 13.6 Å². The normalized spacial score (nSPS) is 13.2. The Morgan fingerprint density at radius 1 is 0.970 bits per heavy atom. The van der Waals surface area contributed by atoms with Gasteiger partial charge in [-0.15, -0.1) is 0 Å². The van der Waals surface area contributed by atoms with Crippen LogP contribution in [-0.4, -0.2) is 29.8 Å². The summed E-state index contributed by atoms with van der Waals surface area (Å²) in [6.45, 7) is 0.0701. The molecule has 0 saturated carbocycles. The van der Waals surface area contributed by atoms with Gasteiger partial charge in [-0.2, -0.15) is 0 Å². The van der Waals surface area contributed by atoms with Gasteiger partial charge in [0.2, 0.25) is 0 Å². The molecule has 3 aromatic carbocycles. The van der Waals surface area contributed by atoms with E-state index in [4.69, 9.17) is 4.74 Å². The Balaban J connectivity index is 1.34. The number of fused-ring (bicyclic) bond motifs is 3. The Hall–Kier alpha value is -3.74. The Labute approximate surface area is 190 Å². The summed E-state index contributed by atoms with van der Waals surface area (Å²) in [6, 6.07) is 17.8. The largest absolute Gasteiger partial charge is 0.480 e. The van der Waals surface area contributed by atoms with Crippen molar-refractivity contribution in [2.75, 3.05) is 6.61 Å². The van der Waals surface area contributed by atoms with Crippen LogP contribution >= 0.6 is 0 Å². The topological polar surface area (TPSA) is 75.6 Å². The number of rotatable bonds is 8. The van der Waals surface area contributed by atoms with Crippen LogP contribution in [-0.2, 0) is 16.0 Å². The van der Waals surface area contributed by atoms with Crippen LogP contribution in [0.2, 0.25) is 0 Å². The number of aliphatic carboxylic acids is 1. The van der Waals surface area contributed by atoms with E-state index in [1.54, 1.807) is 0 Å². The molecule has 7 heteroatoms. The summed E-state index contributed by atoms with van der Waals surface area (Å²) in [5.74, 6) is -2.46. The number of benzene rings is 3. The van der Waals surface area contributed by atoms with E-state index in [-0.39, 0.29) is 37.4 Å². The van der Waals surface area contributed by atoms with Gasteiger partial charge in [-0.1, -0.05) is 48.5 Å². The number of carboxylic acids is 1. The third kappa shape index (κ3) is 5.03. The lowest BCUT2D eigenvalue weighted by Crippen LogP contribution is -2.41. The molecule has 0 spiro atoms. The Kier molecular flexibility index (Phi) is 6.68. The summed E-state index contributed by atoms with van der Waals surface area (Å²) in [5.41, 5.74) is 4.46. The molecule has 4 rings (SSSR count). The molecule has 1 atom stereocenters. The zero-order valence-electron chi connectivity index (χ0n) is 17.8. The van der Waals surface area contributed by atoms with E-state index in [1.807, 2.05) is 48.5 Å². The number of hydrogen-bond acceptors (Lipinski definition) is 3. The quantitative estimate of drug-likeness (QED) is 0.489. The molecule has 0 aliphatic heterocycles. The molecule has 3 aromatic rings. The second-order valence-corrected chi connectivity index (χ2v) is 7.99. The van der Waals surface area contributed by atoms with Gasteiger partial charge in [0.1, 0.15) is 24.3 Å². The second kappa shape index (κ2) is 9.81. The summed E-state index contributed by atoms with van der Waals surface area (Å²) >= 11 is 0. The molecular formula is C26H23F2NO4. The van der Waals surface area contributed by atoms with E-state index in [0.717, 1.165) is 40.5 Å². The highest BCUT2D eigenvalue weighted by atomic mass is 19.1. The lowest BCUT2D eigenvalue weighted by atomic mass is 9.98. The van der Waals surface area contributed by atoms with Crippen LogP contribution in [0, 0.1) is 11.6 Å². The van der Waals surface area contributed by atoms with Crippen molar-refractivity contribution in [1.82, 2.24) is 5.32 Å². The van der Waals surface area contributed by atoms with E-state index < -0.39 is 29.7 Å². The highest BCUT2D eigenvalue weighted by Gasteiger charge is 2.29. The number of alkyl carbamates (subject to hydrolysis) is 1. The number of halogens is 2. The maximum Gasteiger partial charge on any atom is 0.407 e. The van der Waals surface area contributed by atoms with Crippen molar-refractivity contribution >= 4 is 12.1 Å². The average molecular weight is 451 g/mol. The third-order valence-corrected chi connectivity index (χ3v) is 5.88. The third-order valence-electron chi connectivity index (χ3n) is 5.88. The SMILES string of the molecule is O=C(N[C@@H](CCCc1cc(F)ccc1F)C(=O)O)OCC1c2ccccc2-c2ccccc21. The van der Waals surface area contributed by atoms with Gasteiger partial charge in [0.25, 0.3) is 0 Å². The minimum Gasteiger partial charge on any atom is -0.480 e. The monoisotopic (exact) mass is 451 g/mol. The number of carbonyl (C=O) groups is 2. The van der Waals surface area contributed by atoms with E-state index in [1.165, 1.54) is 0 Å². The number of aryl methyl sites for hydroxylation is 1. The molecule has 170 valence electrons. The van der Waals surface area contributed by atoms with Gasteiger partial charge in [-0.25, -0.2) is 18.4 Å². The van der Waals surface area contributed by atoms with Crippen LogP contribution in [0.3, 0.4) is 0 Å². The van der Waals surface area contributed by atoms with E-state index in [9.17, 15) is 23.5 Å². The average Bonchev–Trinajstić information content (AvgIpc) is 3.13. The van der Waals surface area contributed by atoms with Crippen LogP contribution in [0.5, 0.6) is 0 Å². The first-order chi connectivity index (χ1) is 15.9. The minimum atomic E-state index is -1.22. The summed E-state index contributed by atoms with van der Waals surface area (Å²) < 4.78 is 32.4. The van der Waals surface area contributed by atoms with Crippen molar-refractivity contribution in [3.63, 3.8) is 0 Å². The lowest BCUT2D eigenvalue weighted by molar-refractivity contribution is -0.139. The fraction of sp³-hybridized carbons (Fsp3) is 0.231. The number of carboxylic acid groups (broad SMARTS) is 1. The molecule has 33 heavy (non-hydrogen) atoms. The van der Waals surface area contributed by atoms with Crippen LogP contribution in [0.25, 0.3) is 11.1 Å². The molecule has 0 saturated heterocycles. The maximum atomic E-state index is 13.7. The predicted octanol–water partition coefficient (Wildman–Crippen LogP) is 5.28. The predicted molar refractivity (Wildman–Crippen MR) is 119 cm³/mol. The molecular weight excluding hydrogens is 428 g/mol. The summed E-state index contributed by atoms with van der Waals surface area (Å²) in [7, 11) is 0. The summed E-state index contributed by atoms with van der Waals surface area (Å²) in [6.07, 6.45) is -0.378. The molecule has 0 radical (unpaired) electrons. The van der Waals surface area contributed by atoms with Crippen LogP contribution in [0.1, 0.15) is 35.4 Å². The molecule has 2 N–H and O–H groups in total. The molecule has 1 amide bonds. The van der Waals surface area contributed by atoms with E-state index in [2.05, 4.69) is 5.32 Å². The van der Waals surface area contributed by atoms with Crippen molar-refractivity contribution in [1.29, 1.82) is 0 Å². The van der Waals surface area contributed by atoms with Gasteiger partial charge in [0.15, 0.2) is 0 Å². The van der Waals surface area contributed by atoms with Gasteiger partial charge in [-0.3, -0.25) is 0 Å². The highest BCUT2D eigenvalue weighted by molar-refractivity contribution is 5.81. The minimum absolute atomic E-state index is 0.0511. The molecule has 1 aliphatic carbocycles. The first kappa shape index (κ1) is 22.5. The number of nitrogens with one attached hydrogen (secondary N) is 1. The number of carbonyl (C=O) groups excluding carboxylic acids is 1. The molecule has 5 nitrogen and oxygen atoms in total. The number of amides is 1.